The van der Waals surface area contributed by atoms with E-state index in [9.17, 15) is 19.2 Å². The molecule has 0 aliphatic carbocycles. The SMILES string of the molecule is C=Cc1c(/C=C2/NC(=O)C(CCC(=O)O)=C2C)[nH]c(/C=c2\[nH]/c(=C\C3=NC(=O)C(CCC(=O)O)=C3C)c(C)c2C=C)c1C. The Morgan fingerprint density at radius 1 is 0.767 bits per heavy atom. The van der Waals surface area contributed by atoms with Crippen molar-refractivity contribution in [2.75, 3.05) is 0 Å². The lowest BCUT2D eigenvalue weighted by molar-refractivity contribution is -0.138. The van der Waals surface area contributed by atoms with Crippen LogP contribution in [0.2, 0.25) is 0 Å². The summed E-state index contributed by atoms with van der Waals surface area (Å²) < 4.78 is 0. The lowest BCUT2D eigenvalue weighted by Gasteiger charge is -2.01. The van der Waals surface area contributed by atoms with E-state index in [2.05, 4.69) is 33.4 Å². The number of nitrogens with one attached hydrogen (secondary N) is 3. The Kier molecular flexibility index (Phi) is 8.80. The average Bonchev–Trinajstić information content (AvgIpc) is 3.58. The zero-order valence-electron chi connectivity index (χ0n) is 24.6. The normalized spacial score (nSPS) is 16.9. The fourth-order valence-corrected chi connectivity index (χ4v) is 5.32. The van der Waals surface area contributed by atoms with Gasteiger partial charge in [-0.15, -0.1) is 0 Å². The first-order valence-electron chi connectivity index (χ1n) is 13.8. The van der Waals surface area contributed by atoms with E-state index in [1.54, 1.807) is 32.1 Å². The van der Waals surface area contributed by atoms with Crippen molar-refractivity contribution in [3.05, 3.63) is 85.5 Å². The number of aliphatic imine (C=N–C) groups is 1. The number of aliphatic carboxylic acids is 2. The Bertz CT molecular complexity index is 1860. The molecule has 0 saturated carbocycles. The molecule has 10 nitrogen and oxygen atoms in total. The molecule has 0 bridgehead atoms. The van der Waals surface area contributed by atoms with E-state index in [4.69, 9.17) is 10.2 Å². The molecule has 2 aromatic heterocycles. The van der Waals surface area contributed by atoms with Gasteiger partial charge in [0.1, 0.15) is 0 Å². The lowest BCUT2D eigenvalue weighted by Crippen LogP contribution is -2.16. The maximum absolute atomic E-state index is 12.5. The first-order valence-corrected chi connectivity index (χ1v) is 13.8. The van der Waals surface area contributed by atoms with E-state index < -0.39 is 17.8 Å². The van der Waals surface area contributed by atoms with E-state index in [0.29, 0.717) is 33.7 Å². The second kappa shape index (κ2) is 12.3. The highest BCUT2D eigenvalue weighted by atomic mass is 16.4. The van der Waals surface area contributed by atoms with E-state index in [0.717, 1.165) is 44.3 Å². The number of hydrogen-bond donors (Lipinski definition) is 5. The summed E-state index contributed by atoms with van der Waals surface area (Å²) in [5, 5.41) is 22.4. The molecule has 5 N–H and O–H groups in total. The fraction of sp³-hybridized carbons (Fsp3) is 0.242. The van der Waals surface area contributed by atoms with Gasteiger partial charge >= 0.3 is 11.9 Å². The summed E-state index contributed by atoms with van der Waals surface area (Å²) >= 11 is 0. The Morgan fingerprint density at radius 3 is 2.00 bits per heavy atom. The molecule has 4 rings (SSSR count). The molecule has 0 spiro atoms. The molecule has 0 fully saturated rings. The molecule has 2 aromatic rings. The third kappa shape index (κ3) is 6.18. The number of H-pyrrole nitrogens is 2. The highest BCUT2D eigenvalue weighted by Crippen LogP contribution is 2.28. The summed E-state index contributed by atoms with van der Waals surface area (Å²) in [5.74, 6) is -2.65. The van der Waals surface area contributed by atoms with E-state index in [1.807, 2.05) is 26.0 Å². The topological polar surface area (TPSA) is 165 Å². The van der Waals surface area contributed by atoms with Gasteiger partial charge in [-0.2, -0.15) is 0 Å². The minimum Gasteiger partial charge on any atom is -0.481 e. The van der Waals surface area contributed by atoms with Crippen LogP contribution in [0, 0.1) is 13.8 Å². The van der Waals surface area contributed by atoms with Gasteiger partial charge in [0.05, 0.1) is 5.71 Å². The van der Waals surface area contributed by atoms with Crippen LogP contribution in [0.25, 0.3) is 30.4 Å². The molecule has 43 heavy (non-hydrogen) atoms. The van der Waals surface area contributed by atoms with E-state index in [1.165, 1.54) is 0 Å². The number of carboxylic acids is 2. The smallest absolute Gasteiger partial charge is 0.303 e. The van der Waals surface area contributed by atoms with E-state index >= 15 is 0 Å². The minimum atomic E-state index is -0.972. The maximum Gasteiger partial charge on any atom is 0.303 e. The Morgan fingerprint density at radius 2 is 1.40 bits per heavy atom. The Hall–Kier alpha value is -5.25. The van der Waals surface area contributed by atoms with Crippen molar-refractivity contribution in [1.29, 1.82) is 0 Å². The lowest BCUT2D eigenvalue weighted by atomic mass is 10.0. The summed E-state index contributed by atoms with van der Waals surface area (Å²) in [7, 11) is 0. The number of carboxylic acid groups (broad SMARTS) is 2. The third-order valence-electron chi connectivity index (χ3n) is 7.88. The summed E-state index contributed by atoms with van der Waals surface area (Å²) in [5.41, 5.74) is 8.40. The van der Waals surface area contributed by atoms with Crippen molar-refractivity contribution in [2.45, 2.75) is 53.4 Å². The van der Waals surface area contributed by atoms with Crippen LogP contribution in [-0.4, -0.2) is 49.6 Å². The maximum atomic E-state index is 12.5. The van der Waals surface area contributed by atoms with Gasteiger partial charge < -0.3 is 25.5 Å². The fourth-order valence-electron chi connectivity index (χ4n) is 5.32. The van der Waals surface area contributed by atoms with Crippen molar-refractivity contribution in [1.82, 2.24) is 15.3 Å². The number of carbonyl (C=O) groups excluding carboxylic acids is 2. The van der Waals surface area contributed by atoms with Crippen LogP contribution >= 0.6 is 0 Å². The number of allylic oxidation sites excluding steroid dienone is 2. The summed E-state index contributed by atoms with van der Waals surface area (Å²) in [6.07, 6.45) is 9.04. The van der Waals surface area contributed by atoms with Crippen LogP contribution in [0.1, 0.15) is 73.2 Å². The molecule has 2 aliphatic heterocycles. The number of carbonyl (C=O) groups is 4. The molecule has 0 radical (unpaired) electrons. The molecule has 0 unspecified atom stereocenters. The van der Waals surface area contributed by atoms with Crippen molar-refractivity contribution in [2.24, 2.45) is 4.99 Å². The van der Waals surface area contributed by atoms with Crippen LogP contribution < -0.4 is 16.0 Å². The predicted octanol–water partition coefficient (Wildman–Crippen LogP) is 3.67. The van der Waals surface area contributed by atoms with Crippen LogP contribution in [0.5, 0.6) is 0 Å². The van der Waals surface area contributed by atoms with E-state index in [-0.39, 0.29) is 31.6 Å². The second-order valence-electron chi connectivity index (χ2n) is 10.5. The van der Waals surface area contributed by atoms with Crippen LogP contribution in [-0.2, 0) is 19.2 Å². The van der Waals surface area contributed by atoms with Gasteiger partial charge in [-0.05, 0) is 81.0 Å². The summed E-state index contributed by atoms with van der Waals surface area (Å²) in [4.78, 5) is 57.9. The molecule has 222 valence electrons. The molecule has 4 heterocycles. The number of nitrogens with zero attached hydrogens (tertiary/aromatic N) is 1. The predicted molar refractivity (Wildman–Crippen MR) is 166 cm³/mol. The number of rotatable bonds is 11. The van der Waals surface area contributed by atoms with Gasteiger partial charge in [-0.25, -0.2) is 4.99 Å². The van der Waals surface area contributed by atoms with Crippen molar-refractivity contribution >= 4 is 59.8 Å². The quantitative estimate of drug-likeness (QED) is 0.271. The van der Waals surface area contributed by atoms with Gasteiger partial charge in [-0.3, -0.25) is 19.2 Å². The van der Waals surface area contributed by atoms with Gasteiger partial charge in [0, 0.05) is 62.9 Å². The third-order valence-corrected chi connectivity index (χ3v) is 7.88. The zero-order chi connectivity index (χ0) is 31.6. The van der Waals surface area contributed by atoms with Crippen LogP contribution in [0.3, 0.4) is 0 Å². The molecule has 2 amide bonds. The highest BCUT2D eigenvalue weighted by molar-refractivity contribution is 6.30. The molecular formula is C33H34N4O6. The molecular weight excluding hydrogens is 548 g/mol. The van der Waals surface area contributed by atoms with Crippen molar-refractivity contribution < 1.29 is 29.4 Å². The average molecular weight is 583 g/mol. The molecule has 10 heteroatoms. The van der Waals surface area contributed by atoms with Gasteiger partial charge in [-0.1, -0.05) is 25.3 Å². The standard InChI is InChI=1S/C33H34N4O6/c1-7-20-16(3)24(13-26-18(5)22(32(42)36-26)9-11-30(38)39)34-28(20)14-25-17(4)21(8-2)29(35-25)15-27-19(6)23(33(43)37-27)10-12-31(40)41/h7-8,13-15,34-35H,1-2,9-12H2,3-6H3,(H,37,43)(H,38,39)(H,40,41)/b24-13-,27-15+,28-14-. The van der Waals surface area contributed by atoms with Gasteiger partial charge in [0.2, 0.25) is 0 Å². The highest BCUT2D eigenvalue weighted by Gasteiger charge is 2.25. The Balaban J connectivity index is 1.76. The minimum absolute atomic E-state index is 0.125. The first-order chi connectivity index (χ1) is 20.4. The number of aromatic amines is 2. The Labute approximate surface area is 248 Å². The second-order valence-corrected chi connectivity index (χ2v) is 10.5. The van der Waals surface area contributed by atoms with Crippen LogP contribution in [0.15, 0.2) is 46.1 Å². The first kappa shape index (κ1) is 30.7. The van der Waals surface area contributed by atoms with Gasteiger partial charge in [0.25, 0.3) is 11.8 Å². The van der Waals surface area contributed by atoms with Crippen molar-refractivity contribution in [3.63, 3.8) is 0 Å². The summed E-state index contributed by atoms with van der Waals surface area (Å²) in [6.45, 7) is 15.4. The molecule has 0 atom stereocenters. The molecule has 2 aliphatic rings. The summed E-state index contributed by atoms with van der Waals surface area (Å²) in [6, 6.07) is 0. The number of hydrogen-bond acceptors (Lipinski definition) is 4. The zero-order valence-corrected chi connectivity index (χ0v) is 24.6. The number of aromatic nitrogens is 2. The van der Waals surface area contributed by atoms with Gasteiger partial charge in [0.15, 0.2) is 0 Å². The molecule has 0 aromatic carbocycles. The number of amides is 2. The largest absolute Gasteiger partial charge is 0.481 e. The molecule has 0 saturated heterocycles. The van der Waals surface area contributed by atoms with Crippen molar-refractivity contribution in [3.8, 4) is 0 Å². The monoisotopic (exact) mass is 582 g/mol. The van der Waals surface area contributed by atoms with Crippen LogP contribution in [0.4, 0.5) is 0 Å².